The van der Waals surface area contributed by atoms with Crippen LogP contribution in [0.4, 0.5) is 14.5 Å². The average Bonchev–Trinajstić information content (AvgIpc) is 3.15. The zero-order chi connectivity index (χ0) is 21.3. The van der Waals surface area contributed by atoms with Crippen LogP contribution in [0.5, 0.6) is 11.6 Å². The lowest BCUT2D eigenvalue weighted by molar-refractivity contribution is 0.102. The highest BCUT2D eigenvalue weighted by molar-refractivity contribution is 6.35. The molecule has 2 aromatic heterocycles. The van der Waals surface area contributed by atoms with Crippen LogP contribution < -0.4 is 10.1 Å². The summed E-state index contributed by atoms with van der Waals surface area (Å²) < 4.78 is 31.3. The molecule has 0 radical (unpaired) electrons. The van der Waals surface area contributed by atoms with Gasteiger partial charge in [-0.15, -0.1) is 0 Å². The lowest BCUT2D eigenvalue weighted by Crippen LogP contribution is -2.12. The molecule has 0 atom stereocenters. The molecule has 10 heteroatoms. The van der Waals surface area contributed by atoms with Gasteiger partial charge in [-0.1, -0.05) is 35.3 Å². The molecule has 2 N–H and O–H groups in total. The SMILES string of the molecule is O=C(Nc1ccccc1Oc1ncc(Cl)cc1Cl)c1ccc2nc(C(F)F)[nH]c2c1. The Bertz CT molecular complexity index is 1250. The van der Waals surface area contributed by atoms with E-state index in [4.69, 9.17) is 27.9 Å². The highest BCUT2D eigenvalue weighted by Gasteiger charge is 2.16. The Hall–Kier alpha value is -3.23. The number of aromatic amines is 1. The molecular formula is C20H12Cl2F2N4O2. The van der Waals surface area contributed by atoms with Gasteiger partial charge < -0.3 is 15.0 Å². The largest absolute Gasteiger partial charge is 0.435 e. The number of rotatable bonds is 5. The standard InChI is InChI=1S/C20H12Cl2F2N4O2/c21-11-8-12(22)20(25-9-11)30-16-4-2-1-3-14(16)28-19(29)10-5-6-13-15(7-10)27-18(26-13)17(23)24/h1-9,17H,(H,26,27)(H,28,29). The summed E-state index contributed by atoms with van der Waals surface area (Å²) in [6, 6.07) is 12.6. The highest BCUT2D eigenvalue weighted by Crippen LogP contribution is 2.33. The third-order valence-corrected chi connectivity index (χ3v) is 4.56. The fourth-order valence-corrected chi connectivity index (χ4v) is 3.13. The monoisotopic (exact) mass is 448 g/mol. The van der Waals surface area contributed by atoms with Crippen molar-refractivity contribution in [2.75, 3.05) is 5.32 Å². The van der Waals surface area contributed by atoms with Crippen molar-refractivity contribution in [1.82, 2.24) is 15.0 Å². The summed E-state index contributed by atoms with van der Waals surface area (Å²) in [5, 5.41) is 3.30. The summed E-state index contributed by atoms with van der Waals surface area (Å²) in [6.07, 6.45) is -1.34. The number of amides is 1. The van der Waals surface area contributed by atoms with E-state index in [1.807, 2.05) is 0 Å². The third kappa shape index (κ3) is 4.19. The van der Waals surface area contributed by atoms with Gasteiger partial charge in [-0.3, -0.25) is 4.79 Å². The van der Waals surface area contributed by atoms with Gasteiger partial charge in [0.15, 0.2) is 11.6 Å². The number of anilines is 1. The third-order valence-electron chi connectivity index (χ3n) is 4.09. The number of benzene rings is 2. The fraction of sp³-hybridized carbons (Fsp3) is 0.0500. The minimum absolute atomic E-state index is 0.126. The lowest BCUT2D eigenvalue weighted by Gasteiger charge is -2.12. The Morgan fingerprint density at radius 2 is 1.93 bits per heavy atom. The van der Waals surface area contributed by atoms with E-state index in [-0.39, 0.29) is 16.5 Å². The predicted octanol–water partition coefficient (Wildman–Crippen LogP) is 6.25. The number of hydrogen-bond donors (Lipinski definition) is 2. The maximum Gasteiger partial charge on any atom is 0.295 e. The number of alkyl halides is 2. The topological polar surface area (TPSA) is 79.9 Å². The maximum absolute atomic E-state index is 12.8. The van der Waals surface area contributed by atoms with Gasteiger partial charge in [0.1, 0.15) is 5.02 Å². The van der Waals surface area contributed by atoms with Crippen LogP contribution in [0.1, 0.15) is 22.6 Å². The number of para-hydroxylation sites is 2. The van der Waals surface area contributed by atoms with Crippen LogP contribution in [-0.2, 0) is 0 Å². The van der Waals surface area contributed by atoms with E-state index in [0.29, 0.717) is 27.5 Å². The average molecular weight is 449 g/mol. The Labute approximate surface area is 178 Å². The number of fused-ring (bicyclic) bond motifs is 1. The van der Waals surface area contributed by atoms with E-state index >= 15 is 0 Å². The van der Waals surface area contributed by atoms with Gasteiger partial charge in [0, 0.05) is 11.8 Å². The Balaban J connectivity index is 1.58. The summed E-state index contributed by atoms with van der Waals surface area (Å²) in [5.41, 5.74) is 1.30. The van der Waals surface area contributed by atoms with Gasteiger partial charge in [0.25, 0.3) is 12.3 Å². The first-order valence-corrected chi connectivity index (χ1v) is 9.33. The van der Waals surface area contributed by atoms with E-state index in [1.54, 1.807) is 24.3 Å². The Kier molecular flexibility index (Phi) is 5.52. The number of nitrogens with one attached hydrogen (secondary N) is 2. The first kappa shape index (κ1) is 20.1. The number of carbonyl (C=O) groups excluding carboxylic acids is 1. The number of imidazole rings is 1. The number of ether oxygens (including phenoxy) is 1. The molecule has 1 amide bonds. The molecule has 0 aliphatic rings. The molecule has 0 saturated heterocycles. The Morgan fingerprint density at radius 3 is 2.70 bits per heavy atom. The van der Waals surface area contributed by atoms with Crippen LogP contribution in [-0.4, -0.2) is 20.9 Å². The summed E-state index contributed by atoms with van der Waals surface area (Å²) in [6.45, 7) is 0. The lowest BCUT2D eigenvalue weighted by atomic mass is 10.2. The molecule has 2 heterocycles. The van der Waals surface area contributed by atoms with Crippen LogP contribution in [0.3, 0.4) is 0 Å². The molecule has 30 heavy (non-hydrogen) atoms. The molecule has 0 unspecified atom stereocenters. The summed E-state index contributed by atoms with van der Waals surface area (Å²) in [5.74, 6) is -0.476. The van der Waals surface area contributed by atoms with Gasteiger partial charge in [-0.05, 0) is 36.4 Å². The van der Waals surface area contributed by atoms with E-state index < -0.39 is 18.2 Å². The quantitative estimate of drug-likeness (QED) is 0.378. The molecule has 4 aromatic rings. The molecule has 2 aromatic carbocycles. The second-order valence-corrected chi connectivity index (χ2v) is 6.99. The fourth-order valence-electron chi connectivity index (χ4n) is 2.71. The number of halogens is 4. The smallest absolute Gasteiger partial charge is 0.295 e. The summed E-state index contributed by atoms with van der Waals surface area (Å²) in [4.78, 5) is 23.0. The Morgan fingerprint density at radius 1 is 1.13 bits per heavy atom. The number of carbonyl (C=O) groups is 1. The molecule has 0 aliphatic heterocycles. The van der Waals surface area contributed by atoms with Gasteiger partial charge in [0.05, 0.1) is 21.7 Å². The van der Waals surface area contributed by atoms with Crippen molar-refractivity contribution in [3.63, 3.8) is 0 Å². The molecule has 152 valence electrons. The van der Waals surface area contributed by atoms with Crippen molar-refractivity contribution in [2.45, 2.75) is 6.43 Å². The van der Waals surface area contributed by atoms with Crippen LogP contribution in [0, 0.1) is 0 Å². The van der Waals surface area contributed by atoms with Gasteiger partial charge in [0.2, 0.25) is 5.88 Å². The van der Waals surface area contributed by atoms with Crippen molar-refractivity contribution < 1.29 is 18.3 Å². The molecular weight excluding hydrogens is 437 g/mol. The van der Waals surface area contributed by atoms with Gasteiger partial charge in [-0.2, -0.15) is 0 Å². The second-order valence-electron chi connectivity index (χ2n) is 6.15. The normalized spacial score (nSPS) is 11.1. The van der Waals surface area contributed by atoms with Crippen LogP contribution in [0.2, 0.25) is 10.0 Å². The molecule has 0 fully saturated rings. The second kappa shape index (κ2) is 8.25. The number of nitrogens with zero attached hydrogens (tertiary/aromatic N) is 2. The maximum atomic E-state index is 12.8. The summed E-state index contributed by atoms with van der Waals surface area (Å²) in [7, 11) is 0. The molecule has 0 spiro atoms. The zero-order valence-corrected chi connectivity index (χ0v) is 16.5. The minimum Gasteiger partial charge on any atom is -0.435 e. The van der Waals surface area contributed by atoms with Crippen molar-refractivity contribution in [3.8, 4) is 11.6 Å². The molecule has 0 saturated carbocycles. The molecule has 6 nitrogen and oxygen atoms in total. The number of pyridine rings is 1. The zero-order valence-electron chi connectivity index (χ0n) is 15.0. The predicted molar refractivity (Wildman–Crippen MR) is 110 cm³/mol. The molecule has 4 rings (SSSR count). The van der Waals surface area contributed by atoms with Gasteiger partial charge >= 0.3 is 0 Å². The van der Waals surface area contributed by atoms with Crippen molar-refractivity contribution in [1.29, 1.82) is 0 Å². The van der Waals surface area contributed by atoms with Gasteiger partial charge in [-0.25, -0.2) is 18.7 Å². The number of aromatic nitrogens is 3. The van der Waals surface area contributed by atoms with Crippen LogP contribution >= 0.6 is 23.2 Å². The van der Waals surface area contributed by atoms with Crippen LogP contribution in [0.25, 0.3) is 11.0 Å². The van der Waals surface area contributed by atoms with E-state index in [9.17, 15) is 13.6 Å². The van der Waals surface area contributed by atoms with E-state index in [1.165, 1.54) is 30.5 Å². The number of H-pyrrole nitrogens is 1. The molecule has 0 aliphatic carbocycles. The van der Waals surface area contributed by atoms with E-state index in [2.05, 4.69) is 20.3 Å². The minimum atomic E-state index is -2.73. The summed E-state index contributed by atoms with van der Waals surface area (Å²) >= 11 is 11.9. The molecule has 0 bridgehead atoms. The van der Waals surface area contributed by atoms with Crippen molar-refractivity contribution >= 4 is 45.8 Å². The van der Waals surface area contributed by atoms with Crippen molar-refractivity contribution in [3.05, 3.63) is 76.2 Å². The number of hydrogen-bond acceptors (Lipinski definition) is 4. The van der Waals surface area contributed by atoms with Crippen LogP contribution in [0.15, 0.2) is 54.7 Å². The van der Waals surface area contributed by atoms with Crippen molar-refractivity contribution in [2.24, 2.45) is 0 Å². The first-order valence-electron chi connectivity index (χ1n) is 8.58. The van der Waals surface area contributed by atoms with E-state index in [0.717, 1.165) is 0 Å². The first-order chi connectivity index (χ1) is 14.4. The highest BCUT2D eigenvalue weighted by atomic mass is 35.5.